The standard InChI is InChI=1S/C17H26N2O3S/c1-10-7-13(19-15(21)11-5-6-11)23-14(10)16(22)18-12(9-20)8-17(2,3)4/h7,11-12,20H,5-6,8-9H2,1-4H3,(H,18,22)(H,19,21). The number of hydrogen-bond acceptors (Lipinski definition) is 4. The molecule has 2 rings (SSSR count). The molecule has 3 N–H and O–H groups in total. The van der Waals surface area contributed by atoms with Gasteiger partial charge in [-0.15, -0.1) is 11.3 Å². The first-order valence-electron chi connectivity index (χ1n) is 8.02. The minimum Gasteiger partial charge on any atom is -0.394 e. The van der Waals surface area contributed by atoms with Crippen LogP contribution in [0.5, 0.6) is 0 Å². The fraction of sp³-hybridized carbons (Fsp3) is 0.647. The fourth-order valence-electron chi connectivity index (χ4n) is 2.49. The molecule has 0 bridgehead atoms. The average molecular weight is 338 g/mol. The highest BCUT2D eigenvalue weighted by molar-refractivity contribution is 7.18. The van der Waals surface area contributed by atoms with Crippen molar-refractivity contribution in [2.45, 2.75) is 53.0 Å². The predicted molar refractivity (Wildman–Crippen MR) is 92.8 cm³/mol. The van der Waals surface area contributed by atoms with Crippen molar-refractivity contribution in [3.05, 3.63) is 16.5 Å². The summed E-state index contributed by atoms with van der Waals surface area (Å²) in [6.45, 7) is 7.99. The molecule has 0 saturated heterocycles. The molecule has 5 nitrogen and oxygen atoms in total. The van der Waals surface area contributed by atoms with Crippen LogP contribution in [0.3, 0.4) is 0 Å². The van der Waals surface area contributed by atoms with Crippen molar-refractivity contribution < 1.29 is 14.7 Å². The molecule has 1 unspecified atom stereocenters. The molecule has 1 aliphatic rings. The number of carbonyl (C=O) groups is 2. The number of nitrogens with one attached hydrogen (secondary N) is 2. The maximum absolute atomic E-state index is 12.4. The molecular weight excluding hydrogens is 312 g/mol. The van der Waals surface area contributed by atoms with Crippen molar-refractivity contribution in [3.8, 4) is 0 Å². The molecule has 6 heteroatoms. The fourth-order valence-corrected chi connectivity index (χ4v) is 3.47. The second-order valence-electron chi connectivity index (χ2n) is 7.50. The number of carbonyl (C=O) groups excluding carboxylic acids is 2. The van der Waals surface area contributed by atoms with Gasteiger partial charge in [0.15, 0.2) is 0 Å². The molecule has 1 aliphatic carbocycles. The van der Waals surface area contributed by atoms with Gasteiger partial charge < -0.3 is 15.7 Å². The van der Waals surface area contributed by atoms with Gasteiger partial charge in [-0.3, -0.25) is 9.59 Å². The number of aliphatic hydroxyl groups excluding tert-OH is 1. The molecule has 1 aromatic rings. The maximum atomic E-state index is 12.4. The number of hydrogen-bond donors (Lipinski definition) is 3. The van der Waals surface area contributed by atoms with Crippen LogP contribution in [0, 0.1) is 18.3 Å². The van der Waals surface area contributed by atoms with Crippen molar-refractivity contribution in [1.82, 2.24) is 5.32 Å². The summed E-state index contributed by atoms with van der Waals surface area (Å²) in [5.74, 6) is -0.0119. The van der Waals surface area contributed by atoms with Gasteiger partial charge in [0.2, 0.25) is 5.91 Å². The highest BCUT2D eigenvalue weighted by Crippen LogP contribution is 2.33. The van der Waals surface area contributed by atoms with Crippen molar-refractivity contribution >= 4 is 28.2 Å². The molecule has 128 valence electrons. The Morgan fingerprint density at radius 1 is 1.39 bits per heavy atom. The minimum atomic E-state index is -0.270. The van der Waals surface area contributed by atoms with Gasteiger partial charge in [0, 0.05) is 5.92 Å². The third-order valence-electron chi connectivity index (χ3n) is 3.73. The van der Waals surface area contributed by atoms with E-state index in [4.69, 9.17) is 0 Å². The van der Waals surface area contributed by atoms with Crippen molar-refractivity contribution in [2.75, 3.05) is 11.9 Å². The van der Waals surface area contributed by atoms with Crippen LogP contribution >= 0.6 is 11.3 Å². The summed E-state index contributed by atoms with van der Waals surface area (Å²) in [5.41, 5.74) is 0.861. The van der Waals surface area contributed by atoms with Gasteiger partial charge in [-0.2, -0.15) is 0 Å². The lowest BCUT2D eigenvalue weighted by Crippen LogP contribution is -2.39. The molecule has 0 aliphatic heterocycles. The van der Waals surface area contributed by atoms with Crippen LogP contribution in [0.4, 0.5) is 5.00 Å². The predicted octanol–water partition coefficient (Wildman–Crippen LogP) is 2.93. The van der Waals surface area contributed by atoms with Crippen LogP contribution in [-0.2, 0) is 4.79 Å². The molecule has 0 aromatic carbocycles. The molecule has 1 aromatic heterocycles. The Hall–Kier alpha value is -1.40. The number of anilines is 1. The molecule has 0 spiro atoms. The Morgan fingerprint density at radius 2 is 2.04 bits per heavy atom. The number of aryl methyl sites for hydroxylation is 1. The van der Waals surface area contributed by atoms with E-state index in [-0.39, 0.29) is 35.8 Å². The van der Waals surface area contributed by atoms with Gasteiger partial charge in [-0.05, 0) is 43.2 Å². The first-order valence-corrected chi connectivity index (χ1v) is 8.84. The van der Waals surface area contributed by atoms with Crippen LogP contribution in [0.25, 0.3) is 0 Å². The summed E-state index contributed by atoms with van der Waals surface area (Å²) in [7, 11) is 0. The topological polar surface area (TPSA) is 78.4 Å². The lowest BCUT2D eigenvalue weighted by Gasteiger charge is -2.25. The molecule has 1 heterocycles. The van der Waals surface area contributed by atoms with Gasteiger partial charge in [0.05, 0.1) is 22.5 Å². The lowest BCUT2D eigenvalue weighted by atomic mass is 9.88. The summed E-state index contributed by atoms with van der Waals surface area (Å²) >= 11 is 1.29. The molecule has 1 fully saturated rings. The molecule has 1 atom stereocenters. The third kappa shape index (κ3) is 5.32. The van der Waals surface area contributed by atoms with Crippen molar-refractivity contribution in [1.29, 1.82) is 0 Å². The summed E-state index contributed by atoms with van der Waals surface area (Å²) in [5, 5.41) is 16.0. The second kappa shape index (κ2) is 7.01. The van der Waals surface area contributed by atoms with E-state index in [0.29, 0.717) is 16.3 Å². The lowest BCUT2D eigenvalue weighted by molar-refractivity contribution is -0.117. The first kappa shape index (κ1) is 17.9. The van der Waals surface area contributed by atoms with Gasteiger partial charge in [-0.1, -0.05) is 20.8 Å². The monoisotopic (exact) mass is 338 g/mol. The summed E-state index contributed by atoms with van der Waals surface area (Å²) < 4.78 is 0. The van der Waals surface area contributed by atoms with Crippen LogP contribution < -0.4 is 10.6 Å². The molecule has 23 heavy (non-hydrogen) atoms. The van der Waals surface area contributed by atoms with Crippen LogP contribution in [-0.4, -0.2) is 29.6 Å². The van der Waals surface area contributed by atoms with E-state index in [1.54, 1.807) is 0 Å². The van der Waals surface area contributed by atoms with E-state index in [1.807, 2.05) is 13.0 Å². The average Bonchev–Trinajstić information content (AvgIpc) is 3.21. The van der Waals surface area contributed by atoms with E-state index in [0.717, 1.165) is 18.4 Å². The molecule has 0 radical (unpaired) electrons. The Bertz CT molecular complexity index is 585. The van der Waals surface area contributed by atoms with E-state index >= 15 is 0 Å². The summed E-state index contributed by atoms with van der Waals surface area (Å²) in [4.78, 5) is 24.8. The maximum Gasteiger partial charge on any atom is 0.261 e. The Labute approximate surface area is 141 Å². The van der Waals surface area contributed by atoms with Gasteiger partial charge in [0.1, 0.15) is 0 Å². The van der Waals surface area contributed by atoms with E-state index in [1.165, 1.54) is 11.3 Å². The Balaban J connectivity index is 2.00. The van der Waals surface area contributed by atoms with E-state index < -0.39 is 0 Å². The highest BCUT2D eigenvalue weighted by atomic mass is 32.1. The van der Waals surface area contributed by atoms with Crippen molar-refractivity contribution in [3.63, 3.8) is 0 Å². The summed E-state index contributed by atoms with van der Waals surface area (Å²) in [6, 6.07) is 1.56. The number of thiophene rings is 1. The number of amides is 2. The van der Waals surface area contributed by atoms with Crippen LogP contribution in [0.1, 0.15) is 55.3 Å². The quantitative estimate of drug-likeness (QED) is 0.746. The zero-order valence-electron chi connectivity index (χ0n) is 14.2. The molecular formula is C17H26N2O3S. The van der Waals surface area contributed by atoms with Gasteiger partial charge >= 0.3 is 0 Å². The summed E-state index contributed by atoms with van der Waals surface area (Å²) in [6.07, 6.45) is 2.61. The number of rotatable bonds is 6. The Morgan fingerprint density at radius 3 is 2.57 bits per heavy atom. The first-order chi connectivity index (χ1) is 10.7. The Kier molecular flexibility index (Phi) is 5.47. The smallest absolute Gasteiger partial charge is 0.261 e. The third-order valence-corrected chi connectivity index (χ3v) is 4.88. The van der Waals surface area contributed by atoms with Gasteiger partial charge in [-0.25, -0.2) is 0 Å². The normalized spacial score (nSPS) is 16.0. The van der Waals surface area contributed by atoms with E-state index in [2.05, 4.69) is 31.4 Å². The minimum absolute atomic E-state index is 0.0224. The zero-order chi connectivity index (χ0) is 17.2. The molecule has 2 amide bonds. The highest BCUT2D eigenvalue weighted by Gasteiger charge is 2.30. The zero-order valence-corrected chi connectivity index (χ0v) is 15.0. The van der Waals surface area contributed by atoms with Gasteiger partial charge in [0.25, 0.3) is 5.91 Å². The van der Waals surface area contributed by atoms with E-state index in [9.17, 15) is 14.7 Å². The number of aliphatic hydroxyl groups is 1. The molecule has 1 saturated carbocycles. The SMILES string of the molecule is Cc1cc(NC(=O)C2CC2)sc1C(=O)NC(CO)CC(C)(C)C. The largest absolute Gasteiger partial charge is 0.394 e. The van der Waals surface area contributed by atoms with Crippen LogP contribution in [0.2, 0.25) is 0 Å². The van der Waals surface area contributed by atoms with Crippen molar-refractivity contribution in [2.24, 2.45) is 11.3 Å². The van der Waals surface area contributed by atoms with Crippen LogP contribution in [0.15, 0.2) is 6.07 Å². The second-order valence-corrected chi connectivity index (χ2v) is 8.56.